The van der Waals surface area contributed by atoms with Gasteiger partial charge in [-0.25, -0.2) is 0 Å². The average molecular weight is 246 g/mol. The van der Waals surface area contributed by atoms with Crippen molar-refractivity contribution in [3.05, 3.63) is 35.2 Å². The van der Waals surface area contributed by atoms with Crippen LogP contribution in [0.1, 0.15) is 30.3 Å². The van der Waals surface area contributed by atoms with E-state index in [9.17, 15) is 0 Å². The van der Waals surface area contributed by atoms with Crippen molar-refractivity contribution in [2.75, 3.05) is 7.11 Å². The molecule has 1 aromatic carbocycles. The Morgan fingerprint density at radius 3 is 2.83 bits per heavy atom. The number of H-pyrrole nitrogens is 1. The van der Waals surface area contributed by atoms with E-state index >= 15 is 0 Å². The quantitative estimate of drug-likeness (QED) is 0.846. The minimum absolute atomic E-state index is 0.764. The van der Waals surface area contributed by atoms with Gasteiger partial charge in [-0.1, -0.05) is 24.3 Å². The fourth-order valence-corrected chi connectivity index (χ4v) is 1.97. The molecule has 0 atom stereocenters. The molecular weight excluding hydrogens is 228 g/mol. The molecule has 5 nitrogen and oxygen atoms in total. The van der Waals surface area contributed by atoms with Gasteiger partial charge in [-0.15, -0.1) is 10.2 Å². The van der Waals surface area contributed by atoms with E-state index in [1.54, 1.807) is 7.11 Å². The average Bonchev–Trinajstić information content (AvgIpc) is 2.92. The van der Waals surface area contributed by atoms with Gasteiger partial charge in [0.15, 0.2) is 5.82 Å². The number of tetrazole rings is 1. The van der Waals surface area contributed by atoms with Gasteiger partial charge < -0.3 is 4.74 Å². The van der Waals surface area contributed by atoms with E-state index in [-0.39, 0.29) is 0 Å². The fraction of sp³-hybridized carbons (Fsp3) is 0.462. The normalized spacial score (nSPS) is 10.6. The number of rotatable bonds is 6. The number of nitrogens with zero attached hydrogens (tertiary/aromatic N) is 3. The third-order valence-electron chi connectivity index (χ3n) is 2.99. The van der Waals surface area contributed by atoms with E-state index in [1.165, 1.54) is 11.1 Å². The van der Waals surface area contributed by atoms with Crippen LogP contribution in [0.15, 0.2) is 18.2 Å². The van der Waals surface area contributed by atoms with E-state index in [1.807, 2.05) is 6.07 Å². The van der Waals surface area contributed by atoms with Gasteiger partial charge in [0.25, 0.3) is 0 Å². The van der Waals surface area contributed by atoms with Crippen LogP contribution in [0.4, 0.5) is 0 Å². The maximum Gasteiger partial charge on any atom is 0.174 e. The Labute approximate surface area is 107 Å². The van der Waals surface area contributed by atoms with E-state index in [0.717, 1.165) is 37.3 Å². The zero-order valence-corrected chi connectivity index (χ0v) is 10.8. The number of hydrogen-bond acceptors (Lipinski definition) is 4. The van der Waals surface area contributed by atoms with Gasteiger partial charge in [0.05, 0.1) is 7.11 Å². The van der Waals surface area contributed by atoms with Crippen molar-refractivity contribution in [1.82, 2.24) is 20.6 Å². The summed E-state index contributed by atoms with van der Waals surface area (Å²) in [5.74, 6) is 1.72. The van der Waals surface area contributed by atoms with Crippen molar-refractivity contribution in [1.29, 1.82) is 0 Å². The zero-order valence-electron chi connectivity index (χ0n) is 10.8. The Balaban J connectivity index is 1.98. The summed E-state index contributed by atoms with van der Waals surface area (Å²) in [6, 6.07) is 6.37. The molecule has 0 fully saturated rings. The Morgan fingerprint density at radius 2 is 2.17 bits per heavy atom. The van der Waals surface area contributed by atoms with Crippen molar-refractivity contribution in [3.63, 3.8) is 0 Å². The molecule has 96 valence electrons. The van der Waals surface area contributed by atoms with Crippen LogP contribution in [0.3, 0.4) is 0 Å². The number of aromatic amines is 1. The first-order chi connectivity index (χ1) is 8.83. The highest BCUT2D eigenvalue weighted by atomic mass is 16.5. The molecule has 0 radical (unpaired) electrons. The third kappa shape index (κ3) is 3.06. The molecule has 0 bridgehead atoms. The molecule has 0 saturated heterocycles. The Kier molecular flexibility index (Phi) is 4.28. The lowest BCUT2D eigenvalue weighted by molar-refractivity contribution is 0.409. The fourth-order valence-electron chi connectivity index (χ4n) is 1.97. The molecule has 1 N–H and O–H groups in total. The number of methoxy groups -OCH3 is 1. The van der Waals surface area contributed by atoms with Crippen LogP contribution >= 0.6 is 0 Å². The molecule has 0 aliphatic rings. The van der Waals surface area contributed by atoms with Crippen LogP contribution in [-0.2, 0) is 19.3 Å². The number of benzene rings is 1. The largest absolute Gasteiger partial charge is 0.496 e. The minimum atomic E-state index is 0.764. The lowest BCUT2D eigenvalue weighted by Gasteiger charge is -2.09. The molecule has 5 heteroatoms. The lowest BCUT2D eigenvalue weighted by Crippen LogP contribution is -1.97. The molecule has 0 aliphatic heterocycles. The van der Waals surface area contributed by atoms with Gasteiger partial charge in [-0.3, -0.25) is 0 Å². The van der Waals surface area contributed by atoms with Crippen LogP contribution in [0.25, 0.3) is 0 Å². The van der Waals surface area contributed by atoms with Crippen molar-refractivity contribution in [3.8, 4) is 5.75 Å². The monoisotopic (exact) mass is 246 g/mol. The first-order valence-electron chi connectivity index (χ1n) is 6.21. The van der Waals surface area contributed by atoms with E-state index in [0.29, 0.717) is 0 Å². The number of aryl methyl sites for hydroxylation is 3. The summed E-state index contributed by atoms with van der Waals surface area (Å²) in [6.45, 7) is 2.16. The van der Waals surface area contributed by atoms with Gasteiger partial charge >= 0.3 is 0 Å². The first kappa shape index (κ1) is 12.5. The number of hydrogen-bond donors (Lipinski definition) is 1. The van der Waals surface area contributed by atoms with E-state index in [4.69, 9.17) is 4.74 Å². The van der Waals surface area contributed by atoms with Gasteiger partial charge in [-0.2, -0.15) is 5.21 Å². The van der Waals surface area contributed by atoms with Crippen molar-refractivity contribution in [2.45, 2.75) is 32.6 Å². The van der Waals surface area contributed by atoms with Crippen molar-refractivity contribution in [2.24, 2.45) is 0 Å². The zero-order chi connectivity index (χ0) is 12.8. The molecule has 0 saturated carbocycles. The van der Waals surface area contributed by atoms with Gasteiger partial charge in [-0.05, 0) is 36.5 Å². The standard InChI is InChI=1S/C13H18N4O/c1-3-10-7-8-12(18-2)11(9-10)5-4-6-13-14-16-17-15-13/h7-9H,3-6H2,1-2H3,(H,14,15,16,17). The molecule has 0 aliphatic carbocycles. The molecule has 1 aromatic heterocycles. The summed E-state index contributed by atoms with van der Waals surface area (Å²) in [5.41, 5.74) is 2.59. The molecule has 2 aromatic rings. The number of ether oxygens (including phenoxy) is 1. The second-order valence-corrected chi connectivity index (χ2v) is 4.18. The Bertz CT molecular complexity index is 482. The predicted octanol–water partition coefficient (Wildman–Crippen LogP) is 1.95. The first-order valence-corrected chi connectivity index (χ1v) is 6.21. The summed E-state index contributed by atoms with van der Waals surface area (Å²) in [7, 11) is 1.71. The summed E-state index contributed by atoms with van der Waals surface area (Å²) >= 11 is 0. The maximum atomic E-state index is 5.38. The van der Waals surface area contributed by atoms with Crippen molar-refractivity contribution >= 4 is 0 Å². The van der Waals surface area contributed by atoms with Gasteiger partial charge in [0.2, 0.25) is 0 Å². The number of aromatic nitrogens is 4. The van der Waals surface area contributed by atoms with Gasteiger partial charge in [0.1, 0.15) is 5.75 Å². The summed E-state index contributed by atoms with van der Waals surface area (Å²) < 4.78 is 5.38. The van der Waals surface area contributed by atoms with E-state index < -0.39 is 0 Å². The predicted molar refractivity (Wildman–Crippen MR) is 68.6 cm³/mol. The van der Waals surface area contributed by atoms with Crippen LogP contribution < -0.4 is 4.74 Å². The molecule has 18 heavy (non-hydrogen) atoms. The second kappa shape index (κ2) is 6.14. The molecule has 2 rings (SSSR count). The highest BCUT2D eigenvalue weighted by Crippen LogP contribution is 2.22. The third-order valence-corrected chi connectivity index (χ3v) is 2.99. The highest BCUT2D eigenvalue weighted by Gasteiger charge is 2.05. The lowest BCUT2D eigenvalue weighted by atomic mass is 10.0. The molecule has 0 spiro atoms. The van der Waals surface area contributed by atoms with Crippen LogP contribution in [0.5, 0.6) is 5.75 Å². The van der Waals surface area contributed by atoms with Crippen LogP contribution in [-0.4, -0.2) is 27.7 Å². The molecular formula is C13H18N4O. The van der Waals surface area contributed by atoms with Gasteiger partial charge in [0, 0.05) is 6.42 Å². The molecule has 0 amide bonds. The highest BCUT2D eigenvalue weighted by molar-refractivity contribution is 5.37. The Morgan fingerprint density at radius 1 is 1.28 bits per heavy atom. The van der Waals surface area contributed by atoms with Crippen LogP contribution in [0.2, 0.25) is 0 Å². The molecule has 1 heterocycles. The van der Waals surface area contributed by atoms with Crippen molar-refractivity contribution < 1.29 is 4.74 Å². The van der Waals surface area contributed by atoms with Crippen LogP contribution in [0, 0.1) is 0 Å². The Hall–Kier alpha value is -1.91. The smallest absolute Gasteiger partial charge is 0.174 e. The summed E-state index contributed by atoms with van der Waals surface area (Å²) in [5, 5.41) is 13.9. The SMILES string of the molecule is CCc1ccc(OC)c(CCCc2nn[nH]n2)c1. The molecule has 0 unspecified atom stereocenters. The minimum Gasteiger partial charge on any atom is -0.496 e. The van der Waals surface area contributed by atoms with E-state index in [2.05, 4.69) is 39.7 Å². The summed E-state index contributed by atoms with van der Waals surface area (Å²) in [6.07, 6.45) is 3.83. The second-order valence-electron chi connectivity index (χ2n) is 4.18. The topological polar surface area (TPSA) is 63.7 Å². The number of nitrogens with one attached hydrogen (secondary N) is 1. The summed E-state index contributed by atoms with van der Waals surface area (Å²) in [4.78, 5) is 0. The maximum absolute atomic E-state index is 5.38.